The molecule has 6 nitrogen and oxygen atoms in total. The molecule has 34 heavy (non-hydrogen) atoms. The van der Waals surface area contributed by atoms with Crippen LogP contribution in [0.4, 0.5) is 4.39 Å². The Hall–Kier alpha value is -2.93. The second kappa shape index (κ2) is 10.6. The molecule has 2 aromatic rings. The van der Waals surface area contributed by atoms with Crippen molar-refractivity contribution in [3.05, 3.63) is 64.8 Å². The lowest BCUT2D eigenvalue weighted by Gasteiger charge is -2.49. The van der Waals surface area contributed by atoms with Gasteiger partial charge in [0.25, 0.3) is 0 Å². The molecule has 0 bridgehead atoms. The van der Waals surface area contributed by atoms with E-state index in [1.807, 2.05) is 13.1 Å². The van der Waals surface area contributed by atoms with Gasteiger partial charge < -0.3 is 14.4 Å². The van der Waals surface area contributed by atoms with Crippen LogP contribution in [0.1, 0.15) is 46.6 Å². The molecule has 1 aliphatic rings. The zero-order chi connectivity index (χ0) is 25.0. The van der Waals surface area contributed by atoms with Crippen molar-refractivity contribution in [1.29, 1.82) is 0 Å². The number of amides is 1. The molecular formula is C26H31ClFN3O3. The summed E-state index contributed by atoms with van der Waals surface area (Å²) in [6, 6.07) is 7.71. The maximum absolute atomic E-state index is 14.6. The fourth-order valence-corrected chi connectivity index (χ4v) is 4.20. The Labute approximate surface area is 205 Å². The van der Waals surface area contributed by atoms with Crippen molar-refractivity contribution in [2.45, 2.75) is 53.2 Å². The van der Waals surface area contributed by atoms with Gasteiger partial charge in [0.2, 0.25) is 11.8 Å². The van der Waals surface area contributed by atoms with Gasteiger partial charge in [-0.3, -0.25) is 4.79 Å². The van der Waals surface area contributed by atoms with Gasteiger partial charge in [-0.2, -0.15) is 4.99 Å². The molecule has 2 unspecified atom stereocenters. The Kier molecular flexibility index (Phi) is 7.97. The topological polar surface area (TPSA) is 64.0 Å². The van der Waals surface area contributed by atoms with E-state index >= 15 is 0 Å². The number of halogens is 2. The molecule has 1 fully saturated rings. The first-order valence-corrected chi connectivity index (χ1v) is 11.6. The summed E-state index contributed by atoms with van der Waals surface area (Å²) in [5.74, 6) is 0.467. The molecule has 2 atom stereocenters. The van der Waals surface area contributed by atoms with Crippen LogP contribution in [0.15, 0.2) is 53.3 Å². The first kappa shape index (κ1) is 25.7. The lowest BCUT2D eigenvalue weighted by molar-refractivity contribution is -0.115. The minimum Gasteiger partial charge on any atom is -0.473 e. The number of likely N-dealkylation sites (tertiary alicyclic amines) is 1. The van der Waals surface area contributed by atoms with Crippen molar-refractivity contribution in [2.24, 2.45) is 16.8 Å². The maximum Gasteiger partial charge on any atom is 0.245 e. The Balaban J connectivity index is 1.76. The molecule has 182 valence electrons. The third-order valence-electron chi connectivity index (χ3n) is 6.29. The molecule has 3 rings (SSSR count). The van der Waals surface area contributed by atoms with Crippen LogP contribution >= 0.6 is 11.6 Å². The molecule has 0 saturated carbocycles. The minimum absolute atomic E-state index is 0.0301. The molecule has 2 heterocycles. The second-order valence-corrected chi connectivity index (χ2v) is 9.74. The molecule has 0 aliphatic carbocycles. The van der Waals surface area contributed by atoms with E-state index in [1.165, 1.54) is 25.3 Å². The van der Waals surface area contributed by atoms with Gasteiger partial charge in [0.1, 0.15) is 17.5 Å². The highest BCUT2D eigenvalue weighted by atomic mass is 35.5. The van der Waals surface area contributed by atoms with Gasteiger partial charge in [0.15, 0.2) is 11.6 Å². The fourth-order valence-electron chi connectivity index (χ4n) is 4.09. The van der Waals surface area contributed by atoms with Gasteiger partial charge in [-0.25, -0.2) is 9.37 Å². The van der Waals surface area contributed by atoms with Gasteiger partial charge in [-0.15, -0.1) is 0 Å². The van der Waals surface area contributed by atoms with Crippen molar-refractivity contribution in [2.75, 3.05) is 7.05 Å². The number of aliphatic imine (C=N–C) groups is 1. The van der Waals surface area contributed by atoms with E-state index in [0.29, 0.717) is 22.4 Å². The van der Waals surface area contributed by atoms with Crippen LogP contribution in [0.2, 0.25) is 5.15 Å². The summed E-state index contributed by atoms with van der Waals surface area (Å²) in [6.45, 7) is 10.2. The monoisotopic (exact) mass is 487 g/mol. The molecule has 1 aromatic heterocycles. The standard InChI is InChI=1S/C26H31ClFN3O3/c1-16-13-26(4,5)31(6)22(17(16)2)12-25(30-18(3)32)33-15-19-7-9-23(21(28)11-19)34-20-8-10-24(27)29-14-20/h7-12,14,16-17H,13,15H2,1-6H3. The third kappa shape index (κ3) is 6.35. The van der Waals surface area contributed by atoms with Crippen molar-refractivity contribution in [1.82, 2.24) is 9.88 Å². The second-order valence-electron chi connectivity index (χ2n) is 9.35. The normalized spacial score (nSPS) is 21.5. The number of benzene rings is 1. The largest absolute Gasteiger partial charge is 0.473 e. The number of allylic oxidation sites excluding steroid dienone is 1. The number of ether oxygens (including phenoxy) is 2. The number of aromatic nitrogens is 1. The van der Waals surface area contributed by atoms with Gasteiger partial charge in [0, 0.05) is 31.3 Å². The van der Waals surface area contributed by atoms with Gasteiger partial charge in [0.05, 0.1) is 6.20 Å². The van der Waals surface area contributed by atoms with E-state index in [-0.39, 0.29) is 35.6 Å². The maximum atomic E-state index is 14.6. The highest BCUT2D eigenvalue weighted by molar-refractivity contribution is 6.29. The zero-order valence-corrected chi connectivity index (χ0v) is 21.2. The Bertz CT molecular complexity index is 1100. The van der Waals surface area contributed by atoms with Crippen LogP contribution in [0.25, 0.3) is 0 Å². The molecule has 0 spiro atoms. The quantitative estimate of drug-likeness (QED) is 0.277. The van der Waals surface area contributed by atoms with Gasteiger partial charge in [-0.1, -0.05) is 31.5 Å². The molecular weight excluding hydrogens is 457 g/mol. The Morgan fingerprint density at radius 1 is 1.32 bits per heavy atom. The number of pyridine rings is 1. The molecule has 1 amide bonds. The number of rotatable bonds is 5. The lowest BCUT2D eigenvalue weighted by Crippen LogP contribution is -2.49. The van der Waals surface area contributed by atoms with Crippen LogP contribution in [-0.4, -0.2) is 34.3 Å². The van der Waals surface area contributed by atoms with E-state index in [2.05, 4.69) is 42.6 Å². The third-order valence-corrected chi connectivity index (χ3v) is 6.51. The SMILES string of the molecule is CC(=O)N=C(C=C1C(C)C(C)CC(C)(C)N1C)OCc1ccc(Oc2ccc(Cl)nc2)c(F)c1. The molecule has 1 aromatic carbocycles. The fraction of sp³-hybridized carbons (Fsp3) is 0.423. The smallest absolute Gasteiger partial charge is 0.245 e. The molecule has 8 heteroatoms. The van der Waals surface area contributed by atoms with E-state index in [9.17, 15) is 9.18 Å². The Morgan fingerprint density at radius 2 is 2.06 bits per heavy atom. The van der Waals surface area contributed by atoms with E-state index in [1.54, 1.807) is 18.2 Å². The summed E-state index contributed by atoms with van der Waals surface area (Å²) >= 11 is 5.76. The number of carbonyl (C=O) groups is 1. The summed E-state index contributed by atoms with van der Waals surface area (Å²) in [7, 11) is 2.05. The molecule has 1 aliphatic heterocycles. The van der Waals surface area contributed by atoms with Gasteiger partial charge in [-0.05, 0) is 61.9 Å². The summed E-state index contributed by atoms with van der Waals surface area (Å²) in [6.07, 6.45) is 4.30. The number of carbonyl (C=O) groups excluding carboxylic acids is 1. The predicted molar refractivity (Wildman–Crippen MR) is 131 cm³/mol. The number of nitrogens with zero attached hydrogens (tertiary/aromatic N) is 3. The summed E-state index contributed by atoms with van der Waals surface area (Å²) in [5.41, 5.74) is 1.60. The van der Waals surface area contributed by atoms with Crippen molar-refractivity contribution in [3.63, 3.8) is 0 Å². The molecule has 0 N–H and O–H groups in total. The van der Waals surface area contributed by atoms with Gasteiger partial charge >= 0.3 is 0 Å². The van der Waals surface area contributed by atoms with Crippen molar-refractivity contribution >= 4 is 23.4 Å². The Morgan fingerprint density at radius 3 is 2.68 bits per heavy atom. The van der Waals surface area contributed by atoms with E-state index < -0.39 is 5.82 Å². The summed E-state index contributed by atoms with van der Waals surface area (Å²) in [4.78, 5) is 21.9. The molecule has 0 radical (unpaired) electrons. The number of piperidine rings is 1. The van der Waals surface area contributed by atoms with Crippen LogP contribution < -0.4 is 4.74 Å². The van der Waals surface area contributed by atoms with Crippen molar-refractivity contribution in [3.8, 4) is 11.5 Å². The van der Waals surface area contributed by atoms with Crippen molar-refractivity contribution < 1.29 is 18.7 Å². The van der Waals surface area contributed by atoms with Crippen LogP contribution in [0.3, 0.4) is 0 Å². The average molecular weight is 488 g/mol. The number of hydrogen-bond donors (Lipinski definition) is 0. The first-order chi connectivity index (χ1) is 16.0. The first-order valence-electron chi connectivity index (χ1n) is 11.2. The zero-order valence-electron chi connectivity index (χ0n) is 20.4. The van der Waals surface area contributed by atoms with Crippen LogP contribution in [-0.2, 0) is 16.1 Å². The van der Waals surface area contributed by atoms with Crippen LogP contribution in [0, 0.1) is 17.7 Å². The minimum atomic E-state index is -0.546. The number of hydrogen-bond acceptors (Lipinski definition) is 5. The average Bonchev–Trinajstić information content (AvgIpc) is 2.76. The molecule has 1 saturated heterocycles. The highest BCUT2D eigenvalue weighted by Gasteiger charge is 2.37. The summed E-state index contributed by atoms with van der Waals surface area (Å²) < 4.78 is 26.0. The predicted octanol–water partition coefficient (Wildman–Crippen LogP) is 6.40. The van der Waals surface area contributed by atoms with Crippen LogP contribution in [0.5, 0.6) is 11.5 Å². The summed E-state index contributed by atoms with van der Waals surface area (Å²) in [5, 5.41) is 0.324. The highest BCUT2D eigenvalue weighted by Crippen LogP contribution is 2.40. The van der Waals surface area contributed by atoms with E-state index in [0.717, 1.165) is 12.1 Å². The lowest BCUT2D eigenvalue weighted by atomic mass is 9.76. The van der Waals surface area contributed by atoms with E-state index in [4.69, 9.17) is 21.1 Å².